The van der Waals surface area contributed by atoms with Crippen LogP contribution in [0.4, 0.5) is 13.2 Å². The van der Waals surface area contributed by atoms with Gasteiger partial charge in [0.05, 0.1) is 5.56 Å². The van der Waals surface area contributed by atoms with Crippen LogP contribution in [0.2, 0.25) is 0 Å². The van der Waals surface area contributed by atoms with Gasteiger partial charge in [0, 0.05) is 10.5 Å². The molecule has 1 rings (SSSR count). The summed E-state index contributed by atoms with van der Waals surface area (Å²) < 4.78 is 38.9. The second-order valence-electron chi connectivity index (χ2n) is 4.25. The summed E-state index contributed by atoms with van der Waals surface area (Å²) >= 11 is 1.38. The first-order valence-corrected chi connectivity index (χ1v) is 7.20. The first-order valence-electron chi connectivity index (χ1n) is 6.22. The Bertz CT molecular complexity index is 475. The van der Waals surface area contributed by atoms with Crippen LogP contribution in [0.3, 0.4) is 0 Å². The van der Waals surface area contributed by atoms with E-state index in [1.807, 2.05) is 0 Å². The van der Waals surface area contributed by atoms with Gasteiger partial charge in [0.1, 0.15) is 0 Å². The fraction of sp³-hybridized carbons (Fsp3) is 0.462. The quantitative estimate of drug-likeness (QED) is 0.208. The molecule has 0 unspecified atom stereocenters. The molecule has 0 amide bonds. The zero-order valence-electron chi connectivity index (χ0n) is 11.1. The lowest BCUT2D eigenvalue weighted by molar-refractivity contribution is -0.137. The molecule has 0 heterocycles. The fourth-order valence-electron chi connectivity index (χ4n) is 1.67. The minimum Gasteiger partial charge on any atom is -0.409 e. The van der Waals surface area contributed by atoms with Gasteiger partial charge in [-0.25, -0.2) is 0 Å². The summed E-state index contributed by atoms with van der Waals surface area (Å²) in [5, 5.41) is 11.2. The van der Waals surface area contributed by atoms with E-state index in [1.54, 1.807) is 6.07 Å². The molecule has 112 valence electrons. The Balaban J connectivity index is 2.97. The van der Waals surface area contributed by atoms with Gasteiger partial charge in [-0.2, -0.15) is 13.2 Å². The molecular formula is C13H17F3N2OS. The molecule has 0 atom stereocenters. The molecule has 0 aliphatic heterocycles. The highest BCUT2D eigenvalue weighted by atomic mass is 32.2. The maximum atomic E-state index is 13.0. The number of nitrogens with zero attached hydrogens (tertiary/aromatic N) is 1. The minimum absolute atomic E-state index is 0.307. The highest BCUT2D eigenvalue weighted by Gasteiger charge is 2.34. The monoisotopic (exact) mass is 306 g/mol. The number of nitrogens with two attached hydrogens (primary N) is 1. The molecule has 3 N–H and O–H groups in total. The fourth-order valence-corrected chi connectivity index (χ4v) is 2.62. The number of oxime groups is 1. The third kappa shape index (κ3) is 4.63. The first kappa shape index (κ1) is 16.7. The summed E-state index contributed by atoms with van der Waals surface area (Å²) in [5.41, 5.74) is 4.09. The third-order valence-electron chi connectivity index (χ3n) is 2.70. The van der Waals surface area contributed by atoms with Crippen LogP contribution in [0.1, 0.15) is 37.3 Å². The summed E-state index contributed by atoms with van der Waals surface area (Å²) in [6.07, 6.45) is -1.45. The largest absolute Gasteiger partial charge is 0.417 e. The molecule has 0 spiro atoms. The number of hydrogen-bond donors (Lipinski definition) is 2. The Hall–Kier alpha value is -1.37. The average molecular weight is 306 g/mol. The molecule has 0 radical (unpaired) electrons. The van der Waals surface area contributed by atoms with E-state index in [-0.39, 0.29) is 5.56 Å². The molecular weight excluding hydrogens is 289 g/mol. The number of unbranched alkanes of at least 4 members (excludes halogenated alkanes) is 2. The Kier molecular flexibility index (Phi) is 6.19. The van der Waals surface area contributed by atoms with E-state index in [1.165, 1.54) is 17.8 Å². The average Bonchev–Trinajstić information content (AvgIpc) is 2.41. The zero-order chi connectivity index (χ0) is 15.2. The standard InChI is InChI=1S/C13H17F3N2OS/c1-2-3-4-7-20-9-5-6-10(12(17)18-19)11(8-9)13(14,15)16/h5-6,8,19H,2-4,7H2,1H3,(H2,17,18). The highest BCUT2D eigenvalue weighted by Crippen LogP contribution is 2.35. The van der Waals surface area contributed by atoms with Crippen molar-refractivity contribution in [1.82, 2.24) is 0 Å². The topological polar surface area (TPSA) is 58.6 Å². The Morgan fingerprint density at radius 1 is 1.35 bits per heavy atom. The Morgan fingerprint density at radius 2 is 2.05 bits per heavy atom. The van der Waals surface area contributed by atoms with Crippen LogP contribution in [-0.2, 0) is 6.18 Å². The summed E-state index contributed by atoms with van der Waals surface area (Å²) in [5.74, 6) is 0.230. The van der Waals surface area contributed by atoms with Crippen molar-refractivity contribution < 1.29 is 18.4 Å². The van der Waals surface area contributed by atoms with Gasteiger partial charge in [-0.1, -0.05) is 24.9 Å². The van der Waals surface area contributed by atoms with Gasteiger partial charge < -0.3 is 10.9 Å². The van der Waals surface area contributed by atoms with Crippen molar-refractivity contribution in [1.29, 1.82) is 0 Å². The molecule has 0 fully saturated rings. The number of amidine groups is 1. The number of benzene rings is 1. The number of thioether (sulfide) groups is 1. The first-order chi connectivity index (χ1) is 9.40. The van der Waals surface area contributed by atoms with E-state index >= 15 is 0 Å². The lowest BCUT2D eigenvalue weighted by Crippen LogP contribution is -2.20. The predicted molar refractivity (Wildman–Crippen MR) is 74.2 cm³/mol. The van der Waals surface area contributed by atoms with E-state index in [0.29, 0.717) is 4.90 Å². The van der Waals surface area contributed by atoms with Crippen LogP contribution >= 0.6 is 11.8 Å². The summed E-state index contributed by atoms with van der Waals surface area (Å²) in [6.45, 7) is 2.07. The molecule has 0 aliphatic carbocycles. The molecule has 0 saturated heterocycles. The van der Waals surface area contributed by atoms with E-state index in [9.17, 15) is 13.2 Å². The van der Waals surface area contributed by atoms with Gasteiger partial charge in [0.2, 0.25) is 0 Å². The highest BCUT2D eigenvalue weighted by molar-refractivity contribution is 7.99. The van der Waals surface area contributed by atoms with Crippen molar-refractivity contribution >= 4 is 17.6 Å². The van der Waals surface area contributed by atoms with Crippen molar-refractivity contribution in [3.8, 4) is 0 Å². The molecule has 0 saturated carbocycles. The molecule has 3 nitrogen and oxygen atoms in total. The van der Waals surface area contributed by atoms with E-state index in [4.69, 9.17) is 10.9 Å². The zero-order valence-corrected chi connectivity index (χ0v) is 11.9. The summed E-state index contributed by atoms with van der Waals surface area (Å²) in [7, 11) is 0. The SMILES string of the molecule is CCCCCSc1ccc(/C(N)=N/O)c(C(F)(F)F)c1. The van der Waals surface area contributed by atoms with Crippen LogP contribution in [0.15, 0.2) is 28.3 Å². The minimum atomic E-state index is -4.54. The van der Waals surface area contributed by atoms with E-state index in [2.05, 4.69) is 12.1 Å². The van der Waals surface area contributed by atoms with Crippen molar-refractivity contribution in [2.45, 2.75) is 37.3 Å². The van der Waals surface area contributed by atoms with Crippen LogP contribution in [0.5, 0.6) is 0 Å². The van der Waals surface area contributed by atoms with Crippen molar-refractivity contribution in [2.24, 2.45) is 10.9 Å². The lowest BCUT2D eigenvalue weighted by Gasteiger charge is -2.13. The van der Waals surface area contributed by atoms with Gasteiger partial charge in [-0.05, 0) is 30.4 Å². The van der Waals surface area contributed by atoms with Gasteiger partial charge in [0.15, 0.2) is 5.84 Å². The van der Waals surface area contributed by atoms with Crippen LogP contribution < -0.4 is 5.73 Å². The van der Waals surface area contributed by atoms with Crippen LogP contribution in [0.25, 0.3) is 0 Å². The lowest BCUT2D eigenvalue weighted by atomic mass is 10.1. The van der Waals surface area contributed by atoms with E-state index in [0.717, 1.165) is 31.1 Å². The van der Waals surface area contributed by atoms with Crippen molar-refractivity contribution in [2.75, 3.05) is 5.75 Å². The van der Waals surface area contributed by atoms with Gasteiger partial charge in [-0.15, -0.1) is 11.8 Å². The number of alkyl halides is 3. The molecule has 7 heteroatoms. The molecule has 1 aromatic rings. The molecule has 20 heavy (non-hydrogen) atoms. The number of halogens is 3. The van der Waals surface area contributed by atoms with Crippen molar-refractivity contribution in [3.05, 3.63) is 29.3 Å². The normalized spacial score (nSPS) is 12.7. The second-order valence-corrected chi connectivity index (χ2v) is 5.41. The van der Waals surface area contributed by atoms with Crippen molar-refractivity contribution in [3.63, 3.8) is 0 Å². The number of hydrogen-bond acceptors (Lipinski definition) is 3. The number of rotatable bonds is 6. The maximum absolute atomic E-state index is 13.0. The Morgan fingerprint density at radius 3 is 2.60 bits per heavy atom. The van der Waals surface area contributed by atoms with Gasteiger partial charge >= 0.3 is 6.18 Å². The van der Waals surface area contributed by atoms with Gasteiger partial charge in [-0.3, -0.25) is 0 Å². The maximum Gasteiger partial charge on any atom is 0.417 e. The van der Waals surface area contributed by atoms with E-state index < -0.39 is 17.6 Å². The summed E-state index contributed by atoms with van der Waals surface area (Å²) in [4.78, 5) is 0.530. The van der Waals surface area contributed by atoms with Crippen LogP contribution in [-0.4, -0.2) is 16.8 Å². The molecule has 0 bridgehead atoms. The predicted octanol–water partition coefficient (Wildman–Crippen LogP) is 4.08. The molecule has 0 aliphatic rings. The second kappa shape index (κ2) is 7.42. The van der Waals surface area contributed by atoms with Gasteiger partial charge in [0.25, 0.3) is 0 Å². The third-order valence-corrected chi connectivity index (χ3v) is 3.78. The summed E-state index contributed by atoms with van der Waals surface area (Å²) in [6, 6.07) is 3.84. The smallest absolute Gasteiger partial charge is 0.409 e. The Labute approximate surface area is 120 Å². The molecule has 0 aromatic heterocycles. The molecule has 1 aromatic carbocycles. The van der Waals surface area contributed by atoms with Crippen LogP contribution in [0, 0.1) is 0 Å².